The number of fused-ring (bicyclic) bond motifs is 1. The summed E-state index contributed by atoms with van der Waals surface area (Å²) in [6, 6.07) is 28.4. The number of hydrogen-bond acceptors (Lipinski definition) is 0. The lowest BCUT2D eigenvalue weighted by molar-refractivity contribution is 0.504. The first-order chi connectivity index (χ1) is 12.7. The first-order valence-corrected chi connectivity index (χ1v) is 9.82. The smallest absolute Gasteiger partial charge is 0.0167 e. The molecule has 0 N–H and O–H groups in total. The van der Waals surface area contributed by atoms with E-state index in [9.17, 15) is 0 Å². The van der Waals surface area contributed by atoms with E-state index in [-0.39, 0.29) is 0 Å². The fourth-order valence-electron chi connectivity index (χ4n) is 4.70. The van der Waals surface area contributed by atoms with Crippen LogP contribution in [0.3, 0.4) is 0 Å². The normalized spacial score (nSPS) is 21.6. The van der Waals surface area contributed by atoms with Crippen molar-refractivity contribution < 1.29 is 0 Å². The molecule has 4 rings (SSSR count). The highest BCUT2D eigenvalue weighted by molar-refractivity contribution is 5.51. The van der Waals surface area contributed by atoms with Crippen molar-refractivity contribution in [2.45, 2.75) is 51.4 Å². The maximum atomic E-state index is 3.35. The number of benzene rings is 3. The van der Waals surface area contributed by atoms with Gasteiger partial charge in [-0.05, 0) is 54.5 Å². The highest BCUT2D eigenvalue weighted by Crippen LogP contribution is 2.56. The lowest BCUT2D eigenvalue weighted by atomic mass is 9.76. The van der Waals surface area contributed by atoms with E-state index >= 15 is 0 Å². The summed E-state index contributed by atoms with van der Waals surface area (Å²) in [6.45, 7) is 6.64. The molecule has 3 unspecified atom stereocenters. The Balaban J connectivity index is 1.88. The zero-order chi connectivity index (χ0) is 18.1. The highest BCUT2D eigenvalue weighted by Gasteiger charge is 2.41. The van der Waals surface area contributed by atoms with Crippen LogP contribution in [0.1, 0.15) is 70.9 Å². The van der Waals surface area contributed by atoms with E-state index in [0.717, 1.165) is 0 Å². The fourth-order valence-corrected chi connectivity index (χ4v) is 4.70. The molecule has 0 bridgehead atoms. The molecule has 0 saturated carbocycles. The maximum Gasteiger partial charge on any atom is 0.0167 e. The van der Waals surface area contributed by atoms with Gasteiger partial charge in [0.2, 0.25) is 0 Å². The molecule has 0 heterocycles. The second kappa shape index (κ2) is 7.11. The number of hydrogen-bond donors (Lipinski definition) is 0. The van der Waals surface area contributed by atoms with E-state index in [2.05, 4.69) is 93.6 Å². The van der Waals surface area contributed by atoms with E-state index in [1.165, 1.54) is 46.2 Å². The van der Waals surface area contributed by atoms with Crippen LogP contribution < -0.4 is 0 Å². The summed E-state index contributed by atoms with van der Waals surface area (Å²) in [5, 5.41) is 0. The summed E-state index contributed by atoms with van der Waals surface area (Å²) in [6.07, 6.45) is 2.45. The molecule has 3 aromatic carbocycles. The van der Waals surface area contributed by atoms with Crippen LogP contribution >= 0.6 is 0 Å². The Labute approximate surface area is 157 Å². The van der Waals surface area contributed by atoms with Crippen molar-refractivity contribution in [3.8, 4) is 0 Å². The molecular weight excluding hydrogens is 312 g/mol. The largest absolute Gasteiger partial charge is 0.0654 e. The molecule has 131 valence electrons. The van der Waals surface area contributed by atoms with Gasteiger partial charge in [-0.15, -0.1) is 0 Å². The first-order valence-electron chi connectivity index (χ1n) is 9.82. The summed E-state index contributed by atoms with van der Waals surface area (Å²) < 4.78 is 0. The molecule has 1 aliphatic rings. The Morgan fingerprint density at radius 3 is 2.00 bits per heavy atom. The van der Waals surface area contributed by atoms with Crippen molar-refractivity contribution in [1.82, 2.24) is 0 Å². The molecule has 0 fully saturated rings. The Kier molecular flexibility index (Phi) is 4.68. The van der Waals surface area contributed by atoms with Crippen LogP contribution in [0.4, 0.5) is 0 Å². The molecule has 0 heteroatoms. The third kappa shape index (κ3) is 2.98. The van der Waals surface area contributed by atoms with Crippen molar-refractivity contribution in [1.29, 1.82) is 0 Å². The van der Waals surface area contributed by atoms with Crippen LogP contribution in [0.2, 0.25) is 0 Å². The summed E-state index contributed by atoms with van der Waals surface area (Å²) in [5.41, 5.74) is 8.55. The summed E-state index contributed by atoms with van der Waals surface area (Å²) in [4.78, 5) is 0. The summed E-state index contributed by atoms with van der Waals surface area (Å²) in [5.74, 6) is 1.50. The fraction of sp³-hybridized carbons (Fsp3) is 0.308. The molecule has 3 atom stereocenters. The molecule has 1 radical (unpaired) electrons. The lowest BCUT2D eigenvalue weighted by Gasteiger charge is -2.27. The SMILES string of the molecule is CCCC1c2cc[c]cc2C(c2ccc(C)cc2)C1c1ccc(C)cc1. The van der Waals surface area contributed by atoms with Crippen molar-refractivity contribution >= 4 is 0 Å². The van der Waals surface area contributed by atoms with Gasteiger partial charge in [-0.25, -0.2) is 0 Å². The van der Waals surface area contributed by atoms with Crippen molar-refractivity contribution in [2.24, 2.45) is 0 Å². The predicted octanol–water partition coefficient (Wildman–Crippen LogP) is 6.92. The predicted molar refractivity (Wildman–Crippen MR) is 110 cm³/mol. The zero-order valence-electron chi connectivity index (χ0n) is 16.0. The Morgan fingerprint density at radius 1 is 0.769 bits per heavy atom. The van der Waals surface area contributed by atoms with Crippen LogP contribution in [-0.4, -0.2) is 0 Å². The Hall–Kier alpha value is -2.34. The van der Waals surface area contributed by atoms with E-state index in [0.29, 0.717) is 17.8 Å². The van der Waals surface area contributed by atoms with Gasteiger partial charge in [-0.3, -0.25) is 0 Å². The number of rotatable bonds is 4. The average molecular weight is 340 g/mol. The highest BCUT2D eigenvalue weighted by atomic mass is 14.4. The number of aryl methyl sites for hydroxylation is 2. The topological polar surface area (TPSA) is 0 Å². The van der Waals surface area contributed by atoms with Gasteiger partial charge in [0, 0.05) is 11.8 Å². The van der Waals surface area contributed by atoms with Gasteiger partial charge in [0.25, 0.3) is 0 Å². The first kappa shape index (κ1) is 17.1. The third-order valence-electron chi connectivity index (χ3n) is 5.96. The van der Waals surface area contributed by atoms with Gasteiger partial charge in [0.05, 0.1) is 0 Å². The standard InChI is InChI=1S/C26H27/c1-4-7-23-22-8-5-6-9-24(22)26(21-16-12-19(3)13-17-21)25(23)20-14-10-18(2)11-15-20/h5,8-17,23,25-26H,4,7H2,1-3H3. The van der Waals surface area contributed by atoms with Crippen LogP contribution in [0.15, 0.2) is 66.7 Å². The van der Waals surface area contributed by atoms with Crippen molar-refractivity contribution in [3.63, 3.8) is 0 Å². The van der Waals surface area contributed by atoms with E-state index in [1.807, 2.05) is 0 Å². The molecule has 1 aliphatic carbocycles. The molecule has 0 aliphatic heterocycles. The molecule has 0 amide bonds. The maximum absolute atomic E-state index is 3.35. The molecule has 0 aromatic heterocycles. The van der Waals surface area contributed by atoms with Crippen molar-refractivity contribution in [2.75, 3.05) is 0 Å². The summed E-state index contributed by atoms with van der Waals surface area (Å²) >= 11 is 0. The Bertz CT molecular complexity index is 871. The Morgan fingerprint density at radius 2 is 1.38 bits per heavy atom. The van der Waals surface area contributed by atoms with Gasteiger partial charge in [0.1, 0.15) is 0 Å². The monoisotopic (exact) mass is 339 g/mol. The van der Waals surface area contributed by atoms with E-state index < -0.39 is 0 Å². The third-order valence-corrected chi connectivity index (χ3v) is 5.96. The lowest BCUT2D eigenvalue weighted by Crippen LogP contribution is -2.12. The minimum atomic E-state index is 0.419. The van der Waals surface area contributed by atoms with Gasteiger partial charge < -0.3 is 0 Å². The van der Waals surface area contributed by atoms with Gasteiger partial charge >= 0.3 is 0 Å². The molecule has 0 saturated heterocycles. The molecule has 3 aromatic rings. The molecule has 26 heavy (non-hydrogen) atoms. The average Bonchev–Trinajstić information content (AvgIpc) is 2.98. The van der Waals surface area contributed by atoms with Crippen molar-refractivity contribution in [3.05, 3.63) is 106 Å². The van der Waals surface area contributed by atoms with Crippen LogP contribution in [0.25, 0.3) is 0 Å². The minimum absolute atomic E-state index is 0.419. The van der Waals surface area contributed by atoms with Crippen LogP contribution in [-0.2, 0) is 0 Å². The molecule has 0 spiro atoms. The second-order valence-corrected chi connectivity index (χ2v) is 7.78. The second-order valence-electron chi connectivity index (χ2n) is 7.78. The zero-order valence-corrected chi connectivity index (χ0v) is 16.0. The van der Waals surface area contributed by atoms with Crippen LogP contribution in [0.5, 0.6) is 0 Å². The molecular formula is C26H27. The quantitative estimate of drug-likeness (QED) is 0.484. The van der Waals surface area contributed by atoms with E-state index in [4.69, 9.17) is 0 Å². The minimum Gasteiger partial charge on any atom is -0.0654 e. The van der Waals surface area contributed by atoms with Crippen LogP contribution in [0, 0.1) is 19.9 Å². The van der Waals surface area contributed by atoms with Gasteiger partial charge in [-0.1, -0.05) is 91.2 Å². The summed E-state index contributed by atoms with van der Waals surface area (Å²) in [7, 11) is 0. The van der Waals surface area contributed by atoms with E-state index in [1.54, 1.807) is 0 Å². The van der Waals surface area contributed by atoms with Gasteiger partial charge in [-0.2, -0.15) is 0 Å². The molecule has 0 nitrogen and oxygen atoms in total. The van der Waals surface area contributed by atoms with Gasteiger partial charge in [0.15, 0.2) is 0 Å².